The second kappa shape index (κ2) is 7.87. The lowest BCUT2D eigenvalue weighted by Gasteiger charge is -2.36. The van der Waals surface area contributed by atoms with Crippen molar-refractivity contribution in [2.45, 2.75) is 60.9 Å². The second-order valence-corrected chi connectivity index (χ2v) is 10.5. The second-order valence-electron chi connectivity index (χ2n) is 9.90. The van der Waals surface area contributed by atoms with Gasteiger partial charge in [0.2, 0.25) is 0 Å². The van der Waals surface area contributed by atoms with E-state index in [2.05, 4.69) is 35.0 Å². The largest absolute Gasteiger partial charge is 0.509 e. The fraction of sp³-hybridized carbons (Fsp3) is 0.545. The number of carbonyl (C=O) groups is 1. The molecule has 6 heteroatoms. The number of amides is 1. The standard InChI is InChI=1S/C22H34N3O2P/c1-13-8-9-14(15(28)12-13)24-19(23)16-17(26)18(22(5,6)7)25(20(16)27)11-10-21(2,3)4/h8-9,12,18,26H,10-11,28H2,1-7H3,(H2,23,24). The summed E-state index contributed by atoms with van der Waals surface area (Å²) in [6.07, 6.45) is 0.830. The summed E-state index contributed by atoms with van der Waals surface area (Å²) in [5, 5.41) is 11.9. The lowest BCUT2D eigenvalue weighted by molar-refractivity contribution is -0.128. The monoisotopic (exact) mass is 403 g/mol. The molecule has 1 aromatic carbocycles. The molecule has 5 nitrogen and oxygen atoms in total. The van der Waals surface area contributed by atoms with Crippen molar-refractivity contribution in [1.82, 2.24) is 4.90 Å². The summed E-state index contributed by atoms with van der Waals surface area (Å²) in [5.74, 6) is -0.173. The van der Waals surface area contributed by atoms with Crippen molar-refractivity contribution >= 4 is 32.0 Å². The molecule has 1 heterocycles. The molecule has 1 amide bonds. The maximum atomic E-state index is 13.2. The van der Waals surface area contributed by atoms with Gasteiger partial charge in [-0.15, -0.1) is 9.24 Å². The van der Waals surface area contributed by atoms with Crippen molar-refractivity contribution in [1.29, 1.82) is 0 Å². The number of carbonyl (C=O) groups excluding carboxylic acids is 1. The highest BCUT2D eigenvalue weighted by molar-refractivity contribution is 7.28. The van der Waals surface area contributed by atoms with Crippen molar-refractivity contribution in [2.24, 2.45) is 21.6 Å². The van der Waals surface area contributed by atoms with E-state index < -0.39 is 6.04 Å². The number of hydrogen-bond donors (Lipinski definition) is 2. The van der Waals surface area contributed by atoms with Gasteiger partial charge in [-0.05, 0) is 41.6 Å². The predicted octanol–water partition coefficient (Wildman–Crippen LogP) is 3.99. The van der Waals surface area contributed by atoms with Crippen molar-refractivity contribution in [3.63, 3.8) is 0 Å². The molecule has 1 aromatic rings. The van der Waals surface area contributed by atoms with Crippen molar-refractivity contribution < 1.29 is 9.90 Å². The molecule has 1 aliphatic rings. The van der Waals surface area contributed by atoms with E-state index in [1.165, 1.54) is 0 Å². The van der Waals surface area contributed by atoms with Gasteiger partial charge in [-0.2, -0.15) is 0 Å². The maximum Gasteiger partial charge on any atom is 0.261 e. The average molecular weight is 404 g/mol. The number of aliphatic imine (C=N–C) groups is 1. The first-order valence-electron chi connectivity index (χ1n) is 9.67. The highest BCUT2D eigenvalue weighted by atomic mass is 31.0. The number of nitrogens with zero attached hydrogens (tertiary/aromatic N) is 2. The molecule has 2 rings (SSSR count). The van der Waals surface area contributed by atoms with Crippen LogP contribution in [-0.4, -0.2) is 34.3 Å². The Morgan fingerprint density at radius 3 is 2.36 bits per heavy atom. The smallest absolute Gasteiger partial charge is 0.261 e. The van der Waals surface area contributed by atoms with Crippen LogP contribution in [-0.2, 0) is 4.79 Å². The van der Waals surface area contributed by atoms with Crippen molar-refractivity contribution in [2.75, 3.05) is 6.54 Å². The summed E-state index contributed by atoms with van der Waals surface area (Å²) in [6, 6.07) is 5.37. The summed E-state index contributed by atoms with van der Waals surface area (Å²) >= 11 is 0. The molecular formula is C22H34N3O2P. The van der Waals surface area contributed by atoms with Crippen LogP contribution in [0.1, 0.15) is 53.5 Å². The third-order valence-corrected chi connectivity index (χ3v) is 5.37. The van der Waals surface area contributed by atoms with Gasteiger partial charge in [0.15, 0.2) is 0 Å². The predicted molar refractivity (Wildman–Crippen MR) is 120 cm³/mol. The first kappa shape index (κ1) is 22.4. The number of amidine groups is 1. The molecular weight excluding hydrogens is 369 g/mol. The molecule has 0 spiro atoms. The fourth-order valence-electron chi connectivity index (χ4n) is 3.42. The van der Waals surface area contributed by atoms with Gasteiger partial charge in [0.1, 0.15) is 17.2 Å². The maximum absolute atomic E-state index is 13.2. The van der Waals surface area contributed by atoms with Gasteiger partial charge in [0.25, 0.3) is 5.91 Å². The highest BCUT2D eigenvalue weighted by Gasteiger charge is 2.46. The number of benzene rings is 1. The Morgan fingerprint density at radius 1 is 1.25 bits per heavy atom. The molecule has 28 heavy (non-hydrogen) atoms. The summed E-state index contributed by atoms with van der Waals surface area (Å²) in [7, 11) is 2.63. The van der Waals surface area contributed by atoms with E-state index in [0.717, 1.165) is 17.3 Å². The minimum absolute atomic E-state index is 0.0186. The van der Waals surface area contributed by atoms with Crippen LogP contribution in [0.5, 0.6) is 0 Å². The molecule has 0 aliphatic carbocycles. The van der Waals surface area contributed by atoms with Gasteiger partial charge in [-0.3, -0.25) is 4.79 Å². The summed E-state index contributed by atoms with van der Waals surface area (Å²) in [5.41, 5.74) is 7.89. The van der Waals surface area contributed by atoms with Crippen molar-refractivity contribution in [3.05, 3.63) is 35.1 Å². The Balaban J connectivity index is 2.45. The summed E-state index contributed by atoms with van der Waals surface area (Å²) in [4.78, 5) is 19.4. The van der Waals surface area contributed by atoms with E-state index >= 15 is 0 Å². The quantitative estimate of drug-likeness (QED) is 0.453. The van der Waals surface area contributed by atoms with E-state index in [1.54, 1.807) is 4.90 Å². The fourth-order valence-corrected chi connectivity index (χ4v) is 3.84. The molecule has 2 unspecified atom stereocenters. The molecule has 0 fully saturated rings. The molecule has 0 saturated carbocycles. The minimum atomic E-state index is -0.417. The highest BCUT2D eigenvalue weighted by Crippen LogP contribution is 2.37. The van der Waals surface area contributed by atoms with Crippen LogP contribution in [0.25, 0.3) is 0 Å². The number of aryl methyl sites for hydroxylation is 1. The lowest BCUT2D eigenvalue weighted by Crippen LogP contribution is -2.45. The SMILES string of the molecule is Cc1ccc(N=C(N)C2=C(O)C(C(C)(C)C)N(CCC(C)(C)C)C2=O)c(P)c1. The number of aliphatic hydroxyl groups is 1. The van der Waals surface area contributed by atoms with Crippen LogP contribution in [0.15, 0.2) is 34.5 Å². The number of nitrogens with two attached hydrogens (primary N) is 1. The van der Waals surface area contributed by atoms with Gasteiger partial charge in [-0.25, -0.2) is 4.99 Å². The van der Waals surface area contributed by atoms with E-state index in [9.17, 15) is 9.90 Å². The van der Waals surface area contributed by atoms with E-state index in [-0.39, 0.29) is 33.9 Å². The number of hydrogen-bond acceptors (Lipinski definition) is 3. The molecule has 0 saturated heterocycles. The number of aliphatic hydroxyl groups excluding tert-OH is 1. The van der Waals surface area contributed by atoms with Gasteiger partial charge in [-0.1, -0.05) is 53.2 Å². The lowest BCUT2D eigenvalue weighted by atomic mass is 9.84. The first-order chi connectivity index (χ1) is 12.7. The van der Waals surface area contributed by atoms with Crippen LogP contribution in [0.2, 0.25) is 0 Å². The van der Waals surface area contributed by atoms with Crippen molar-refractivity contribution in [3.8, 4) is 0 Å². The summed E-state index contributed by atoms with van der Waals surface area (Å²) in [6.45, 7) is 15.0. The van der Waals surface area contributed by atoms with Crippen LogP contribution < -0.4 is 11.0 Å². The van der Waals surface area contributed by atoms with Crippen LogP contribution >= 0.6 is 9.24 Å². The normalized spacial score (nSPS) is 19.0. The average Bonchev–Trinajstić information content (AvgIpc) is 2.77. The first-order valence-corrected chi connectivity index (χ1v) is 10.2. The Morgan fingerprint density at radius 2 is 1.86 bits per heavy atom. The minimum Gasteiger partial charge on any atom is -0.509 e. The van der Waals surface area contributed by atoms with Gasteiger partial charge >= 0.3 is 0 Å². The zero-order valence-corrected chi connectivity index (χ0v) is 19.3. The Hall–Kier alpha value is -1.87. The van der Waals surface area contributed by atoms with Crippen LogP contribution in [0, 0.1) is 17.8 Å². The summed E-state index contributed by atoms with van der Waals surface area (Å²) < 4.78 is 0. The van der Waals surface area contributed by atoms with E-state index in [0.29, 0.717) is 12.2 Å². The Bertz CT molecular complexity index is 829. The molecule has 0 aromatic heterocycles. The third-order valence-electron chi connectivity index (χ3n) is 4.90. The van der Waals surface area contributed by atoms with E-state index in [1.807, 2.05) is 45.9 Å². The zero-order valence-electron chi connectivity index (χ0n) is 18.1. The van der Waals surface area contributed by atoms with Gasteiger partial charge in [0.05, 0.1) is 11.7 Å². The third kappa shape index (κ3) is 4.94. The van der Waals surface area contributed by atoms with Crippen LogP contribution in [0.4, 0.5) is 5.69 Å². The molecule has 1 aliphatic heterocycles. The Kier molecular flexibility index (Phi) is 6.30. The molecule has 0 bridgehead atoms. The topological polar surface area (TPSA) is 78.9 Å². The van der Waals surface area contributed by atoms with Gasteiger partial charge in [0, 0.05) is 6.54 Å². The molecule has 3 N–H and O–H groups in total. The Labute approximate surface area is 171 Å². The molecule has 154 valence electrons. The van der Waals surface area contributed by atoms with Gasteiger partial charge < -0.3 is 15.7 Å². The molecule has 0 radical (unpaired) electrons. The number of rotatable bonds is 4. The zero-order chi connectivity index (χ0) is 21.4. The van der Waals surface area contributed by atoms with E-state index in [4.69, 9.17) is 5.73 Å². The van der Waals surface area contributed by atoms with Crippen LogP contribution in [0.3, 0.4) is 0 Å². The molecule has 2 atom stereocenters.